The summed E-state index contributed by atoms with van der Waals surface area (Å²) in [6, 6.07) is 4.73. The van der Waals surface area contributed by atoms with Crippen LogP contribution in [0.15, 0.2) is 27.8 Å². The predicted molar refractivity (Wildman–Crippen MR) is 93.7 cm³/mol. The van der Waals surface area contributed by atoms with Gasteiger partial charge in [-0.3, -0.25) is 14.3 Å². The highest BCUT2D eigenvalue weighted by Gasteiger charge is 2.13. The number of phenols is 1. The van der Waals surface area contributed by atoms with Gasteiger partial charge in [0.1, 0.15) is 11.3 Å². The molecule has 2 N–H and O–H groups in total. The zero-order valence-corrected chi connectivity index (χ0v) is 14.0. The maximum Gasteiger partial charge on any atom is 0.328 e. The Morgan fingerprint density at radius 2 is 1.96 bits per heavy atom. The third kappa shape index (κ3) is 3.52. The minimum absolute atomic E-state index is 0.0351. The van der Waals surface area contributed by atoms with Crippen LogP contribution < -0.4 is 11.2 Å². The number of hydrogen-bond acceptors (Lipinski definition) is 5. The van der Waals surface area contributed by atoms with Crippen LogP contribution in [0, 0.1) is 0 Å². The Balaban J connectivity index is 1.76. The van der Waals surface area contributed by atoms with Crippen molar-refractivity contribution in [3.63, 3.8) is 0 Å². The highest BCUT2D eigenvalue weighted by atomic mass is 16.3. The van der Waals surface area contributed by atoms with Crippen LogP contribution in [0.25, 0.3) is 10.9 Å². The third-order valence-electron chi connectivity index (χ3n) is 4.66. The van der Waals surface area contributed by atoms with Crippen molar-refractivity contribution < 1.29 is 5.11 Å². The molecule has 130 valence electrons. The molecule has 7 nitrogen and oxygen atoms in total. The zero-order chi connectivity index (χ0) is 17.1. The van der Waals surface area contributed by atoms with E-state index in [2.05, 4.69) is 21.8 Å². The maximum atomic E-state index is 12.2. The molecular formula is C17H24N4O3. The van der Waals surface area contributed by atoms with Crippen LogP contribution in [0.4, 0.5) is 0 Å². The number of nitrogens with zero attached hydrogens (tertiary/aromatic N) is 3. The Morgan fingerprint density at radius 3 is 2.79 bits per heavy atom. The molecule has 3 rings (SSSR count). The van der Waals surface area contributed by atoms with Crippen LogP contribution in [0.3, 0.4) is 0 Å². The van der Waals surface area contributed by atoms with E-state index in [1.54, 1.807) is 12.1 Å². The van der Waals surface area contributed by atoms with Gasteiger partial charge < -0.3 is 14.9 Å². The lowest BCUT2D eigenvalue weighted by atomic mass is 10.2. The summed E-state index contributed by atoms with van der Waals surface area (Å²) < 4.78 is 1.47. The Morgan fingerprint density at radius 1 is 1.12 bits per heavy atom. The van der Waals surface area contributed by atoms with Crippen molar-refractivity contribution in [2.75, 3.05) is 39.8 Å². The van der Waals surface area contributed by atoms with Gasteiger partial charge in [0.25, 0.3) is 5.56 Å². The van der Waals surface area contributed by atoms with Crippen molar-refractivity contribution in [1.82, 2.24) is 19.4 Å². The lowest BCUT2D eigenvalue weighted by Crippen LogP contribution is -2.33. The second-order valence-electron chi connectivity index (χ2n) is 6.44. The fraction of sp³-hybridized carbons (Fsp3) is 0.529. The molecule has 0 saturated carbocycles. The summed E-state index contributed by atoms with van der Waals surface area (Å²) in [5.74, 6) is -0.0351. The summed E-state index contributed by atoms with van der Waals surface area (Å²) in [6.45, 7) is 5.64. The fourth-order valence-corrected chi connectivity index (χ4v) is 3.32. The quantitative estimate of drug-likeness (QED) is 0.848. The molecule has 1 saturated heterocycles. The van der Waals surface area contributed by atoms with E-state index in [-0.39, 0.29) is 5.75 Å². The van der Waals surface area contributed by atoms with E-state index in [9.17, 15) is 14.7 Å². The molecule has 7 heteroatoms. The largest absolute Gasteiger partial charge is 0.506 e. The number of benzene rings is 1. The van der Waals surface area contributed by atoms with Crippen LogP contribution >= 0.6 is 0 Å². The summed E-state index contributed by atoms with van der Waals surface area (Å²) in [5, 5.41) is 10.4. The number of aryl methyl sites for hydroxylation is 1. The molecule has 24 heavy (non-hydrogen) atoms. The van der Waals surface area contributed by atoms with Gasteiger partial charge in [-0.1, -0.05) is 6.07 Å². The van der Waals surface area contributed by atoms with Crippen LogP contribution in [0.2, 0.25) is 0 Å². The van der Waals surface area contributed by atoms with Crippen molar-refractivity contribution >= 4 is 10.9 Å². The number of hydrogen-bond donors (Lipinski definition) is 2. The number of aromatic amines is 1. The Kier molecular flexibility index (Phi) is 5.01. The van der Waals surface area contributed by atoms with Crippen molar-refractivity contribution in [1.29, 1.82) is 0 Å². The average Bonchev–Trinajstić information content (AvgIpc) is 2.75. The standard InChI is InChI=1S/C17H24N4O3/c1-19-7-3-8-20(12-11-19)9-4-10-21-15-13(5-2-6-14(15)22)16(23)18-17(21)24/h2,5-6,22H,3-4,7-12H2,1H3,(H,18,23,24). The second kappa shape index (κ2) is 7.19. The van der Waals surface area contributed by atoms with E-state index in [0.717, 1.165) is 45.6 Å². The zero-order valence-electron chi connectivity index (χ0n) is 14.0. The predicted octanol–water partition coefficient (Wildman–Crippen LogP) is 0.423. The van der Waals surface area contributed by atoms with Gasteiger partial charge in [-0.05, 0) is 51.7 Å². The number of para-hydroxylation sites is 1. The highest BCUT2D eigenvalue weighted by molar-refractivity contribution is 5.83. The topological polar surface area (TPSA) is 81.6 Å². The maximum absolute atomic E-state index is 12.2. The molecule has 0 spiro atoms. The van der Waals surface area contributed by atoms with Crippen molar-refractivity contribution in [3.05, 3.63) is 39.0 Å². The summed E-state index contributed by atoms with van der Waals surface area (Å²) >= 11 is 0. The Labute approximate surface area is 140 Å². The van der Waals surface area contributed by atoms with Gasteiger partial charge in [0.05, 0.1) is 5.39 Å². The second-order valence-corrected chi connectivity index (χ2v) is 6.44. The van der Waals surface area contributed by atoms with Gasteiger partial charge in [-0.25, -0.2) is 4.79 Å². The van der Waals surface area contributed by atoms with Gasteiger partial charge in [-0.2, -0.15) is 0 Å². The molecule has 2 heterocycles. The number of rotatable bonds is 4. The van der Waals surface area contributed by atoms with Crippen LogP contribution in [0.5, 0.6) is 5.75 Å². The Bertz CT molecular complexity index is 827. The van der Waals surface area contributed by atoms with Gasteiger partial charge in [0, 0.05) is 19.6 Å². The molecule has 0 atom stereocenters. The van der Waals surface area contributed by atoms with Gasteiger partial charge in [0.2, 0.25) is 0 Å². The van der Waals surface area contributed by atoms with Crippen molar-refractivity contribution in [2.24, 2.45) is 0 Å². The van der Waals surface area contributed by atoms with E-state index >= 15 is 0 Å². The molecule has 1 fully saturated rings. The minimum atomic E-state index is -0.468. The number of aromatic nitrogens is 2. The molecule has 1 aromatic heterocycles. The number of H-pyrrole nitrogens is 1. The van der Waals surface area contributed by atoms with Crippen molar-refractivity contribution in [2.45, 2.75) is 19.4 Å². The first kappa shape index (κ1) is 16.7. The number of nitrogens with one attached hydrogen (secondary N) is 1. The van der Waals surface area contributed by atoms with E-state index in [0.29, 0.717) is 17.4 Å². The molecule has 1 aromatic carbocycles. The lowest BCUT2D eigenvalue weighted by Gasteiger charge is -2.20. The number of fused-ring (bicyclic) bond motifs is 1. The molecule has 2 aromatic rings. The SMILES string of the molecule is CN1CCCN(CCCn2c(=O)[nH]c(=O)c3cccc(O)c32)CC1. The minimum Gasteiger partial charge on any atom is -0.506 e. The first-order valence-electron chi connectivity index (χ1n) is 8.42. The first-order valence-corrected chi connectivity index (χ1v) is 8.42. The van der Waals surface area contributed by atoms with Crippen LogP contribution in [0.1, 0.15) is 12.8 Å². The molecule has 0 unspecified atom stereocenters. The molecule has 0 amide bonds. The molecule has 1 aliphatic rings. The molecule has 1 aliphatic heterocycles. The van der Waals surface area contributed by atoms with E-state index < -0.39 is 11.2 Å². The van der Waals surface area contributed by atoms with E-state index in [1.807, 2.05) is 0 Å². The van der Waals surface area contributed by atoms with Gasteiger partial charge >= 0.3 is 5.69 Å². The van der Waals surface area contributed by atoms with Crippen molar-refractivity contribution in [3.8, 4) is 5.75 Å². The monoisotopic (exact) mass is 332 g/mol. The summed E-state index contributed by atoms with van der Waals surface area (Å²) in [4.78, 5) is 31.1. The van der Waals surface area contributed by atoms with E-state index in [4.69, 9.17) is 0 Å². The summed E-state index contributed by atoms with van der Waals surface area (Å²) in [6.07, 6.45) is 1.94. The summed E-state index contributed by atoms with van der Waals surface area (Å²) in [5.41, 5.74) is -0.607. The molecular weight excluding hydrogens is 308 g/mol. The number of aromatic hydroxyl groups is 1. The molecule has 0 bridgehead atoms. The normalized spacial score (nSPS) is 17.2. The fourth-order valence-electron chi connectivity index (χ4n) is 3.32. The smallest absolute Gasteiger partial charge is 0.328 e. The number of phenolic OH excluding ortho intramolecular Hbond substituents is 1. The lowest BCUT2D eigenvalue weighted by molar-refractivity contribution is 0.268. The third-order valence-corrected chi connectivity index (χ3v) is 4.66. The molecule has 0 radical (unpaired) electrons. The van der Waals surface area contributed by atoms with Crippen LogP contribution in [-0.4, -0.2) is 64.2 Å². The van der Waals surface area contributed by atoms with Crippen LogP contribution in [-0.2, 0) is 6.54 Å². The average molecular weight is 332 g/mol. The Hall–Kier alpha value is -2.12. The summed E-state index contributed by atoms with van der Waals surface area (Å²) in [7, 11) is 2.14. The molecule has 0 aliphatic carbocycles. The highest BCUT2D eigenvalue weighted by Crippen LogP contribution is 2.20. The number of likely N-dealkylation sites (N-methyl/N-ethyl adjacent to an activating group) is 1. The first-order chi connectivity index (χ1) is 11.6. The van der Waals surface area contributed by atoms with E-state index in [1.165, 1.54) is 10.6 Å². The van der Waals surface area contributed by atoms with Gasteiger partial charge in [0.15, 0.2) is 0 Å². The van der Waals surface area contributed by atoms with Gasteiger partial charge in [-0.15, -0.1) is 0 Å².